The number of anilines is 1. The number of nitrogens with zero attached hydrogens (tertiary/aromatic N) is 1. The van der Waals surface area contributed by atoms with Crippen LogP contribution in [0.15, 0.2) is 30.3 Å². The van der Waals surface area contributed by atoms with Gasteiger partial charge in [0.2, 0.25) is 5.91 Å². The van der Waals surface area contributed by atoms with Gasteiger partial charge in [-0.15, -0.1) is 0 Å². The molecule has 0 unspecified atom stereocenters. The Bertz CT molecular complexity index is 649. The highest BCUT2D eigenvalue weighted by Crippen LogP contribution is 2.30. The van der Waals surface area contributed by atoms with Crippen molar-refractivity contribution in [1.29, 1.82) is 0 Å². The summed E-state index contributed by atoms with van der Waals surface area (Å²) in [5, 5.41) is 5.82. The molecular formula is C18H23N3O4. The number of amides is 3. The van der Waals surface area contributed by atoms with Gasteiger partial charge >= 0.3 is 12.0 Å². The van der Waals surface area contributed by atoms with Crippen molar-refractivity contribution in [3.8, 4) is 0 Å². The topological polar surface area (TPSA) is 87.7 Å². The molecule has 1 aromatic rings. The summed E-state index contributed by atoms with van der Waals surface area (Å²) in [6.07, 6.45) is 3.53. The van der Waals surface area contributed by atoms with E-state index in [0.29, 0.717) is 5.69 Å². The standard InChI is InChI=1S/C18H23N3O4/c1-25-16(22)11-15-17(23)20-13-9-5-6-10-14(13)21(15)18(24)19-12-7-3-2-4-8-12/h2-4,7-8,13-15H,5-6,9-11H2,1H3,(H,19,24)(H,20,23)/t13-,14+,15-/m1/s1. The monoisotopic (exact) mass is 345 g/mol. The van der Waals surface area contributed by atoms with Crippen LogP contribution in [0.3, 0.4) is 0 Å². The van der Waals surface area contributed by atoms with E-state index >= 15 is 0 Å². The maximum Gasteiger partial charge on any atom is 0.322 e. The van der Waals surface area contributed by atoms with Crippen LogP contribution in [-0.4, -0.2) is 48.0 Å². The second-order valence-corrected chi connectivity index (χ2v) is 6.47. The maximum absolute atomic E-state index is 12.9. The minimum Gasteiger partial charge on any atom is -0.469 e. The normalized spacial score (nSPS) is 25.6. The summed E-state index contributed by atoms with van der Waals surface area (Å²) in [7, 11) is 1.28. The van der Waals surface area contributed by atoms with Crippen LogP contribution in [-0.2, 0) is 14.3 Å². The van der Waals surface area contributed by atoms with Crippen molar-refractivity contribution in [2.45, 2.75) is 50.2 Å². The molecular weight excluding hydrogens is 322 g/mol. The van der Waals surface area contributed by atoms with Crippen LogP contribution in [0.1, 0.15) is 32.1 Å². The van der Waals surface area contributed by atoms with Crippen molar-refractivity contribution in [2.24, 2.45) is 0 Å². The number of hydrogen-bond donors (Lipinski definition) is 2. The number of carbonyl (C=O) groups is 3. The number of ether oxygens (including phenoxy) is 1. The molecule has 0 bridgehead atoms. The van der Waals surface area contributed by atoms with Crippen molar-refractivity contribution in [3.05, 3.63) is 30.3 Å². The lowest BCUT2D eigenvalue weighted by Crippen LogP contribution is -2.68. The van der Waals surface area contributed by atoms with Crippen LogP contribution in [0.5, 0.6) is 0 Å². The average Bonchev–Trinajstić information content (AvgIpc) is 2.62. The average molecular weight is 345 g/mol. The minimum atomic E-state index is -0.851. The fraction of sp³-hybridized carbons (Fsp3) is 0.500. The first-order valence-electron chi connectivity index (χ1n) is 8.61. The lowest BCUT2D eigenvalue weighted by Gasteiger charge is -2.47. The largest absolute Gasteiger partial charge is 0.469 e. The number of fused-ring (bicyclic) bond motifs is 1. The molecule has 3 amide bonds. The van der Waals surface area contributed by atoms with Crippen LogP contribution < -0.4 is 10.6 Å². The third-order valence-corrected chi connectivity index (χ3v) is 4.90. The number of rotatable bonds is 3. The summed E-state index contributed by atoms with van der Waals surface area (Å²) in [6.45, 7) is 0. The molecule has 7 nitrogen and oxygen atoms in total. The van der Waals surface area contributed by atoms with Crippen molar-refractivity contribution in [2.75, 3.05) is 12.4 Å². The van der Waals surface area contributed by atoms with E-state index in [1.807, 2.05) is 18.2 Å². The van der Waals surface area contributed by atoms with Crippen LogP contribution in [0.2, 0.25) is 0 Å². The molecule has 2 fully saturated rings. The number of esters is 1. The summed E-state index contributed by atoms with van der Waals surface area (Å²) < 4.78 is 4.71. The Morgan fingerprint density at radius 2 is 1.96 bits per heavy atom. The quantitative estimate of drug-likeness (QED) is 0.819. The lowest BCUT2D eigenvalue weighted by atomic mass is 9.85. The fourth-order valence-corrected chi connectivity index (χ4v) is 3.68. The lowest BCUT2D eigenvalue weighted by molar-refractivity contribution is -0.146. The van der Waals surface area contributed by atoms with E-state index in [0.717, 1.165) is 25.7 Å². The van der Waals surface area contributed by atoms with E-state index in [2.05, 4.69) is 10.6 Å². The van der Waals surface area contributed by atoms with Crippen LogP contribution in [0.25, 0.3) is 0 Å². The minimum absolute atomic E-state index is 0.0586. The van der Waals surface area contributed by atoms with Gasteiger partial charge in [-0.25, -0.2) is 4.79 Å². The molecule has 0 spiro atoms. The molecule has 3 rings (SSSR count). The van der Waals surface area contributed by atoms with Gasteiger partial charge in [0.25, 0.3) is 0 Å². The Morgan fingerprint density at radius 3 is 2.68 bits per heavy atom. The van der Waals surface area contributed by atoms with Crippen molar-refractivity contribution >= 4 is 23.6 Å². The van der Waals surface area contributed by atoms with E-state index in [-0.39, 0.29) is 30.4 Å². The molecule has 1 aliphatic carbocycles. The number of methoxy groups -OCH3 is 1. The zero-order valence-corrected chi connectivity index (χ0v) is 14.2. The molecule has 1 aliphatic heterocycles. The van der Waals surface area contributed by atoms with Crippen molar-refractivity contribution in [3.63, 3.8) is 0 Å². The fourth-order valence-electron chi connectivity index (χ4n) is 3.68. The molecule has 1 heterocycles. The van der Waals surface area contributed by atoms with Gasteiger partial charge in [0.1, 0.15) is 6.04 Å². The van der Waals surface area contributed by atoms with Gasteiger partial charge < -0.3 is 20.3 Å². The summed E-state index contributed by atoms with van der Waals surface area (Å²) in [5.74, 6) is -0.802. The molecule has 0 aromatic heterocycles. The van der Waals surface area contributed by atoms with Gasteiger partial charge in [0, 0.05) is 11.7 Å². The third-order valence-electron chi connectivity index (χ3n) is 4.90. The molecule has 3 atom stereocenters. The highest BCUT2D eigenvalue weighted by molar-refractivity contribution is 5.96. The number of para-hydroxylation sites is 1. The van der Waals surface area contributed by atoms with E-state index in [1.54, 1.807) is 17.0 Å². The number of nitrogens with one attached hydrogen (secondary N) is 2. The first kappa shape index (κ1) is 17.3. The maximum atomic E-state index is 12.9. The van der Waals surface area contributed by atoms with E-state index in [1.165, 1.54) is 7.11 Å². The second-order valence-electron chi connectivity index (χ2n) is 6.47. The number of benzene rings is 1. The van der Waals surface area contributed by atoms with E-state index in [4.69, 9.17) is 4.74 Å². The van der Waals surface area contributed by atoms with Crippen LogP contribution >= 0.6 is 0 Å². The third kappa shape index (κ3) is 3.75. The first-order chi connectivity index (χ1) is 12.1. The van der Waals surface area contributed by atoms with E-state index in [9.17, 15) is 14.4 Å². The molecule has 1 aromatic carbocycles. The van der Waals surface area contributed by atoms with Crippen LogP contribution in [0.4, 0.5) is 10.5 Å². The van der Waals surface area contributed by atoms with Gasteiger partial charge in [0.05, 0.1) is 19.6 Å². The Balaban J connectivity index is 1.85. The number of carbonyl (C=O) groups excluding carboxylic acids is 3. The van der Waals surface area contributed by atoms with Gasteiger partial charge in [-0.3, -0.25) is 9.59 Å². The molecule has 25 heavy (non-hydrogen) atoms. The molecule has 134 valence electrons. The molecule has 2 aliphatic rings. The van der Waals surface area contributed by atoms with Crippen molar-refractivity contribution < 1.29 is 19.1 Å². The van der Waals surface area contributed by atoms with Crippen molar-refractivity contribution in [1.82, 2.24) is 10.2 Å². The second kappa shape index (κ2) is 7.55. The molecule has 2 N–H and O–H groups in total. The molecule has 7 heteroatoms. The number of hydrogen-bond acceptors (Lipinski definition) is 4. The highest BCUT2D eigenvalue weighted by atomic mass is 16.5. The molecule has 0 radical (unpaired) electrons. The number of piperazine rings is 1. The zero-order valence-electron chi connectivity index (χ0n) is 14.2. The van der Waals surface area contributed by atoms with Gasteiger partial charge in [-0.2, -0.15) is 0 Å². The SMILES string of the molecule is COC(=O)C[C@@H]1C(=O)N[C@@H]2CCCC[C@@H]2N1C(=O)Nc1ccccc1. The highest BCUT2D eigenvalue weighted by Gasteiger charge is 2.46. The van der Waals surface area contributed by atoms with Gasteiger partial charge in [0.15, 0.2) is 0 Å². The smallest absolute Gasteiger partial charge is 0.322 e. The zero-order chi connectivity index (χ0) is 17.8. The van der Waals surface area contributed by atoms with Gasteiger partial charge in [-0.1, -0.05) is 31.0 Å². The molecule has 1 saturated carbocycles. The Labute approximate surface area is 146 Å². The van der Waals surface area contributed by atoms with Crippen LogP contribution in [0, 0.1) is 0 Å². The summed E-state index contributed by atoms with van der Waals surface area (Å²) in [5.41, 5.74) is 0.655. The molecule has 1 saturated heterocycles. The van der Waals surface area contributed by atoms with Gasteiger partial charge in [-0.05, 0) is 25.0 Å². The predicted molar refractivity (Wildman–Crippen MR) is 91.9 cm³/mol. The first-order valence-corrected chi connectivity index (χ1v) is 8.61. The summed E-state index contributed by atoms with van der Waals surface area (Å²) >= 11 is 0. The summed E-state index contributed by atoms with van der Waals surface area (Å²) in [6, 6.07) is 7.72. The predicted octanol–water partition coefficient (Wildman–Crippen LogP) is 1.89. The number of urea groups is 1. The Kier molecular flexibility index (Phi) is 5.21. The summed E-state index contributed by atoms with van der Waals surface area (Å²) in [4.78, 5) is 38.8. The Morgan fingerprint density at radius 1 is 1.24 bits per heavy atom. The Hall–Kier alpha value is -2.57. The van der Waals surface area contributed by atoms with E-state index < -0.39 is 12.0 Å².